The van der Waals surface area contributed by atoms with Crippen molar-refractivity contribution in [3.8, 4) is 0 Å². The largest absolute Gasteiger partial charge is 0.303 e. The Labute approximate surface area is 100 Å². The number of hydrogen-bond donors (Lipinski definition) is 0. The first-order valence-corrected chi connectivity index (χ1v) is 6.92. The maximum atomic E-state index is 2.65. The van der Waals surface area contributed by atoms with Crippen LogP contribution in [-0.2, 0) is 0 Å². The van der Waals surface area contributed by atoms with Gasteiger partial charge in [-0.15, -0.1) is 0 Å². The Bertz CT molecular complexity index is 257. The van der Waals surface area contributed by atoms with Crippen molar-refractivity contribution < 1.29 is 0 Å². The molecular weight excluding hydrogens is 194 g/mol. The summed E-state index contributed by atoms with van der Waals surface area (Å²) in [6.07, 6.45) is 15.0. The Morgan fingerprint density at radius 3 is 2.75 bits per heavy atom. The van der Waals surface area contributed by atoms with Crippen molar-refractivity contribution in [1.29, 1.82) is 0 Å². The zero-order valence-electron chi connectivity index (χ0n) is 10.6. The van der Waals surface area contributed by atoms with E-state index in [0.717, 1.165) is 5.92 Å². The van der Waals surface area contributed by atoms with Crippen LogP contribution in [0.15, 0.2) is 23.8 Å². The lowest BCUT2D eigenvalue weighted by atomic mass is 9.98. The number of rotatable bonds is 4. The summed E-state index contributed by atoms with van der Waals surface area (Å²) in [5.41, 5.74) is 1.57. The molecule has 0 aromatic rings. The van der Waals surface area contributed by atoms with E-state index in [1.54, 1.807) is 5.57 Å². The van der Waals surface area contributed by atoms with Gasteiger partial charge in [-0.05, 0) is 64.1 Å². The molecule has 1 nitrogen and oxygen atoms in total. The molecule has 1 aliphatic heterocycles. The summed E-state index contributed by atoms with van der Waals surface area (Å²) in [7, 11) is 0. The molecule has 0 spiro atoms. The molecule has 0 bridgehead atoms. The minimum Gasteiger partial charge on any atom is -0.303 e. The summed E-state index contributed by atoms with van der Waals surface area (Å²) in [5.74, 6) is 0.959. The Morgan fingerprint density at radius 1 is 1.25 bits per heavy atom. The summed E-state index contributed by atoms with van der Waals surface area (Å²) in [6.45, 7) is 6.35. The van der Waals surface area contributed by atoms with Crippen LogP contribution < -0.4 is 0 Å². The molecule has 16 heavy (non-hydrogen) atoms. The highest BCUT2D eigenvalue weighted by atomic mass is 15.1. The molecular formula is C15H25N. The van der Waals surface area contributed by atoms with Gasteiger partial charge in [-0.2, -0.15) is 0 Å². The van der Waals surface area contributed by atoms with E-state index in [9.17, 15) is 0 Å². The third-order valence-corrected chi connectivity index (χ3v) is 3.89. The molecule has 1 heteroatoms. The smallest absolute Gasteiger partial charge is 0.00156 e. The van der Waals surface area contributed by atoms with Gasteiger partial charge >= 0.3 is 0 Å². The van der Waals surface area contributed by atoms with E-state index in [1.165, 1.54) is 58.2 Å². The van der Waals surface area contributed by atoms with E-state index in [4.69, 9.17) is 0 Å². The van der Waals surface area contributed by atoms with E-state index in [0.29, 0.717) is 0 Å². The Hall–Kier alpha value is -0.560. The zero-order chi connectivity index (χ0) is 11.2. The van der Waals surface area contributed by atoms with Crippen molar-refractivity contribution in [1.82, 2.24) is 4.90 Å². The fourth-order valence-corrected chi connectivity index (χ4v) is 2.65. The molecule has 0 aromatic heterocycles. The van der Waals surface area contributed by atoms with Crippen LogP contribution in [0.5, 0.6) is 0 Å². The summed E-state index contributed by atoms with van der Waals surface area (Å²) in [5, 5.41) is 0. The number of piperidine rings is 1. The number of nitrogens with zero attached hydrogens (tertiary/aromatic N) is 1. The van der Waals surface area contributed by atoms with Crippen LogP contribution >= 0.6 is 0 Å². The van der Waals surface area contributed by atoms with Crippen molar-refractivity contribution in [3.63, 3.8) is 0 Å². The SMILES string of the molecule is CC1CCN(CCCC2=CCCC=C2)CC1. The van der Waals surface area contributed by atoms with Gasteiger partial charge in [0.1, 0.15) is 0 Å². The van der Waals surface area contributed by atoms with Gasteiger partial charge in [0.2, 0.25) is 0 Å². The number of hydrogen-bond acceptors (Lipinski definition) is 1. The van der Waals surface area contributed by atoms with Gasteiger partial charge in [0.25, 0.3) is 0 Å². The van der Waals surface area contributed by atoms with Crippen LogP contribution in [0.2, 0.25) is 0 Å². The number of likely N-dealkylation sites (tertiary alicyclic amines) is 1. The van der Waals surface area contributed by atoms with Crippen molar-refractivity contribution in [2.24, 2.45) is 5.92 Å². The molecule has 2 aliphatic rings. The van der Waals surface area contributed by atoms with E-state index >= 15 is 0 Å². The molecule has 2 rings (SSSR count). The third kappa shape index (κ3) is 3.79. The van der Waals surface area contributed by atoms with Gasteiger partial charge in [0.05, 0.1) is 0 Å². The Kier molecular flexibility index (Phi) is 4.65. The van der Waals surface area contributed by atoms with Gasteiger partial charge in [-0.3, -0.25) is 0 Å². The molecule has 0 saturated carbocycles. The van der Waals surface area contributed by atoms with Gasteiger partial charge in [-0.1, -0.05) is 30.7 Å². The lowest BCUT2D eigenvalue weighted by Crippen LogP contribution is -2.33. The Morgan fingerprint density at radius 2 is 2.06 bits per heavy atom. The highest BCUT2D eigenvalue weighted by molar-refractivity contribution is 5.21. The second-order valence-corrected chi connectivity index (χ2v) is 5.39. The first-order chi connectivity index (χ1) is 7.84. The Balaban J connectivity index is 1.61. The highest BCUT2D eigenvalue weighted by Crippen LogP contribution is 2.18. The standard InChI is InChI=1S/C15H25N/c1-14-9-12-16(13-10-14)11-5-8-15-6-3-2-4-7-15/h3,6-7,14H,2,4-5,8-13H2,1H3. The predicted molar refractivity (Wildman–Crippen MR) is 70.5 cm³/mol. The van der Waals surface area contributed by atoms with Crippen molar-refractivity contribution >= 4 is 0 Å². The lowest BCUT2D eigenvalue weighted by molar-refractivity contribution is 0.191. The molecule has 0 radical (unpaired) electrons. The highest BCUT2D eigenvalue weighted by Gasteiger charge is 2.14. The summed E-state index contributed by atoms with van der Waals surface area (Å²) >= 11 is 0. The maximum Gasteiger partial charge on any atom is -0.00156 e. The van der Waals surface area contributed by atoms with Crippen LogP contribution in [0, 0.1) is 5.92 Å². The van der Waals surface area contributed by atoms with Crippen LogP contribution in [0.4, 0.5) is 0 Å². The fraction of sp³-hybridized carbons (Fsp3) is 0.733. The molecule has 90 valence electrons. The summed E-state index contributed by atoms with van der Waals surface area (Å²) in [6, 6.07) is 0. The van der Waals surface area contributed by atoms with Gasteiger partial charge in [0.15, 0.2) is 0 Å². The molecule has 0 atom stereocenters. The monoisotopic (exact) mass is 219 g/mol. The summed E-state index contributed by atoms with van der Waals surface area (Å²) < 4.78 is 0. The van der Waals surface area contributed by atoms with E-state index in [1.807, 2.05) is 0 Å². The van der Waals surface area contributed by atoms with E-state index in [2.05, 4.69) is 30.1 Å². The zero-order valence-corrected chi connectivity index (χ0v) is 10.6. The van der Waals surface area contributed by atoms with Crippen LogP contribution in [0.3, 0.4) is 0 Å². The average Bonchev–Trinajstić information content (AvgIpc) is 2.33. The molecule has 0 amide bonds. The summed E-state index contributed by atoms with van der Waals surface area (Å²) in [4.78, 5) is 2.65. The van der Waals surface area contributed by atoms with Gasteiger partial charge < -0.3 is 4.90 Å². The minimum atomic E-state index is 0.959. The second kappa shape index (κ2) is 6.24. The molecule has 1 fully saturated rings. The maximum absolute atomic E-state index is 2.65. The van der Waals surface area contributed by atoms with E-state index in [-0.39, 0.29) is 0 Å². The van der Waals surface area contributed by atoms with Crippen LogP contribution in [-0.4, -0.2) is 24.5 Å². The first kappa shape index (κ1) is 11.9. The van der Waals surface area contributed by atoms with E-state index < -0.39 is 0 Å². The first-order valence-electron chi connectivity index (χ1n) is 6.92. The van der Waals surface area contributed by atoms with Crippen molar-refractivity contribution in [3.05, 3.63) is 23.8 Å². The average molecular weight is 219 g/mol. The quantitative estimate of drug-likeness (QED) is 0.695. The van der Waals surface area contributed by atoms with Crippen molar-refractivity contribution in [2.75, 3.05) is 19.6 Å². The number of allylic oxidation sites excluding steroid dienone is 4. The third-order valence-electron chi connectivity index (χ3n) is 3.89. The van der Waals surface area contributed by atoms with Gasteiger partial charge in [-0.25, -0.2) is 0 Å². The normalized spacial score (nSPS) is 23.4. The minimum absolute atomic E-state index is 0.959. The molecule has 0 unspecified atom stereocenters. The van der Waals surface area contributed by atoms with Crippen molar-refractivity contribution in [2.45, 2.75) is 45.4 Å². The molecule has 0 aromatic carbocycles. The molecule has 1 aliphatic carbocycles. The van der Waals surface area contributed by atoms with Crippen LogP contribution in [0.25, 0.3) is 0 Å². The molecule has 1 saturated heterocycles. The van der Waals surface area contributed by atoms with Gasteiger partial charge in [0, 0.05) is 0 Å². The fourth-order valence-electron chi connectivity index (χ4n) is 2.65. The molecule has 1 heterocycles. The lowest BCUT2D eigenvalue weighted by Gasteiger charge is -2.30. The van der Waals surface area contributed by atoms with Crippen LogP contribution in [0.1, 0.15) is 45.4 Å². The topological polar surface area (TPSA) is 3.24 Å². The predicted octanol–water partition coefficient (Wildman–Crippen LogP) is 3.77. The molecule has 0 N–H and O–H groups in total. The second-order valence-electron chi connectivity index (χ2n) is 5.39.